The van der Waals surface area contributed by atoms with Crippen molar-refractivity contribution in [2.75, 3.05) is 0 Å². The summed E-state index contributed by atoms with van der Waals surface area (Å²) >= 11 is 0. The van der Waals surface area contributed by atoms with Crippen LogP contribution < -0.4 is 0 Å². The van der Waals surface area contributed by atoms with E-state index in [-0.39, 0.29) is 0 Å². The molecule has 0 aromatic carbocycles. The summed E-state index contributed by atoms with van der Waals surface area (Å²) < 4.78 is 0. The number of hydrogen-bond donors (Lipinski definition) is 1. The molecule has 1 atom stereocenters. The Morgan fingerprint density at radius 1 is 1.50 bits per heavy atom. The molecule has 0 bridgehead atoms. The molecule has 10 heavy (non-hydrogen) atoms. The topological polar surface area (TPSA) is 20.2 Å². The van der Waals surface area contributed by atoms with E-state index >= 15 is 0 Å². The van der Waals surface area contributed by atoms with Crippen LogP contribution in [-0.2, 0) is 0 Å². The maximum absolute atomic E-state index is 9.34. The Labute approximate surface area is 64.5 Å². The van der Waals surface area contributed by atoms with E-state index in [2.05, 4.69) is 13.8 Å². The molecule has 0 amide bonds. The van der Waals surface area contributed by atoms with Gasteiger partial charge in [0, 0.05) is 0 Å². The summed E-state index contributed by atoms with van der Waals surface area (Å²) in [5.74, 6) is 0.645. The molecule has 61 valence electrons. The molecule has 1 nitrogen and oxygen atoms in total. The predicted octanol–water partition coefficient (Wildman–Crippen LogP) is 2.40. The fourth-order valence-corrected chi connectivity index (χ4v) is 0.744. The second-order valence-electron chi connectivity index (χ2n) is 3.74. The molecule has 0 aromatic heterocycles. The highest BCUT2D eigenvalue weighted by Gasteiger charge is 2.12. The SMILES string of the molecule is [CH2]CC(C)CCC(C)(C)O. The lowest BCUT2D eigenvalue weighted by atomic mass is 9.95. The van der Waals surface area contributed by atoms with Gasteiger partial charge in [0.25, 0.3) is 0 Å². The third kappa shape index (κ3) is 6.09. The van der Waals surface area contributed by atoms with Crippen LogP contribution in [0.1, 0.15) is 40.0 Å². The van der Waals surface area contributed by atoms with E-state index in [1.54, 1.807) is 0 Å². The summed E-state index contributed by atoms with van der Waals surface area (Å²) in [6, 6.07) is 0. The van der Waals surface area contributed by atoms with E-state index in [9.17, 15) is 5.11 Å². The minimum Gasteiger partial charge on any atom is -0.390 e. The first-order valence-electron chi connectivity index (χ1n) is 3.97. The summed E-state index contributed by atoms with van der Waals surface area (Å²) in [5.41, 5.74) is -0.497. The van der Waals surface area contributed by atoms with Crippen molar-refractivity contribution in [1.82, 2.24) is 0 Å². The summed E-state index contributed by atoms with van der Waals surface area (Å²) in [6.07, 6.45) is 2.92. The van der Waals surface area contributed by atoms with Crippen molar-refractivity contribution in [3.8, 4) is 0 Å². The van der Waals surface area contributed by atoms with E-state index in [1.165, 1.54) is 0 Å². The lowest BCUT2D eigenvalue weighted by molar-refractivity contribution is 0.0644. The number of aliphatic hydroxyl groups is 1. The predicted molar refractivity (Wildman–Crippen MR) is 44.7 cm³/mol. The Balaban J connectivity index is 3.36. The normalized spacial score (nSPS) is 15.3. The Kier molecular flexibility index (Phi) is 3.95. The van der Waals surface area contributed by atoms with Crippen molar-refractivity contribution in [3.63, 3.8) is 0 Å². The molecule has 0 heterocycles. The van der Waals surface area contributed by atoms with Gasteiger partial charge in [0.15, 0.2) is 0 Å². The molecule has 1 heteroatoms. The number of hydrogen-bond acceptors (Lipinski definition) is 1. The first kappa shape index (κ1) is 9.96. The minimum absolute atomic E-state index is 0.497. The van der Waals surface area contributed by atoms with E-state index in [1.807, 2.05) is 13.8 Å². The summed E-state index contributed by atoms with van der Waals surface area (Å²) in [4.78, 5) is 0. The van der Waals surface area contributed by atoms with Gasteiger partial charge < -0.3 is 5.11 Å². The standard InChI is InChI=1S/C9H19O/c1-5-8(2)6-7-9(3,4)10/h8,10H,1,5-7H2,2-4H3. The summed E-state index contributed by atoms with van der Waals surface area (Å²) in [7, 11) is 0. The summed E-state index contributed by atoms with van der Waals surface area (Å²) in [5, 5.41) is 9.34. The molecule has 0 spiro atoms. The molecule has 1 unspecified atom stereocenters. The molecular formula is C9H19O. The van der Waals surface area contributed by atoms with E-state index in [4.69, 9.17) is 0 Å². The van der Waals surface area contributed by atoms with Gasteiger partial charge in [-0.3, -0.25) is 0 Å². The van der Waals surface area contributed by atoms with Crippen LogP contribution in [0.15, 0.2) is 0 Å². The molecular weight excluding hydrogens is 124 g/mol. The largest absolute Gasteiger partial charge is 0.390 e. The third-order valence-corrected chi connectivity index (χ3v) is 1.74. The molecule has 1 N–H and O–H groups in total. The maximum Gasteiger partial charge on any atom is 0.0591 e. The average Bonchev–Trinajstić information content (AvgIpc) is 1.81. The van der Waals surface area contributed by atoms with Crippen LogP contribution in [-0.4, -0.2) is 10.7 Å². The molecule has 0 saturated heterocycles. The smallest absolute Gasteiger partial charge is 0.0591 e. The fraction of sp³-hybridized carbons (Fsp3) is 0.889. The zero-order valence-electron chi connectivity index (χ0n) is 7.35. The van der Waals surface area contributed by atoms with Gasteiger partial charge in [-0.15, -0.1) is 0 Å². The Morgan fingerprint density at radius 2 is 2.00 bits per heavy atom. The average molecular weight is 143 g/mol. The molecule has 0 aromatic rings. The number of rotatable bonds is 4. The van der Waals surface area contributed by atoms with Crippen LogP contribution in [0, 0.1) is 12.8 Å². The second kappa shape index (κ2) is 3.97. The van der Waals surface area contributed by atoms with Gasteiger partial charge in [0.1, 0.15) is 0 Å². The van der Waals surface area contributed by atoms with Gasteiger partial charge in [0.2, 0.25) is 0 Å². The van der Waals surface area contributed by atoms with Crippen LogP contribution in [0.2, 0.25) is 0 Å². The van der Waals surface area contributed by atoms with Crippen LogP contribution in [0.25, 0.3) is 0 Å². The van der Waals surface area contributed by atoms with Gasteiger partial charge in [-0.2, -0.15) is 0 Å². The van der Waals surface area contributed by atoms with E-state index < -0.39 is 5.60 Å². The second-order valence-corrected chi connectivity index (χ2v) is 3.74. The highest BCUT2D eigenvalue weighted by Crippen LogP contribution is 2.16. The zero-order valence-corrected chi connectivity index (χ0v) is 7.35. The highest BCUT2D eigenvalue weighted by atomic mass is 16.3. The Hall–Kier alpha value is -0.0400. The lowest BCUT2D eigenvalue weighted by Gasteiger charge is -2.18. The minimum atomic E-state index is -0.497. The van der Waals surface area contributed by atoms with Crippen molar-refractivity contribution in [3.05, 3.63) is 6.92 Å². The quantitative estimate of drug-likeness (QED) is 0.640. The Bertz CT molecular complexity index is 81.2. The Morgan fingerprint density at radius 3 is 2.30 bits per heavy atom. The van der Waals surface area contributed by atoms with Crippen molar-refractivity contribution in [2.24, 2.45) is 5.92 Å². The first-order chi connectivity index (χ1) is 4.45. The van der Waals surface area contributed by atoms with Crippen LogP contribution in [0.5, 0.6) is 0 Å². The van der Waals surface area contributed by atoms with Gasteiger partial charge in [-0.1, -0.05) is 20.3 Å². The van der Waals surface area contributed by atoms with E-state index in [0.717, 1.165) is 19.3 Å². The molecule has 0 aliphatic rings. The van der Waals surface area contributed by atoms with Gasteiger partial charge in [-0.05, 0) is 32.6 Å². The molecule has 0 aliphatic carbocycles. The lowest BCUT2D eigenvalue weighted by Crippen LogP contribution is -2.19. The molecule has 0 aliphatic heterocycles. The third-order valence-electron chi connectivity index (χ3n) is 1.74. The molecule has 0 rings (SSSR count). The van der Waals surface area contributed by atoms with E-state index in [0.29, 0.717) is 5.92 Å². The highest BCUT2D eigenvalue weighted by molar-refractivity contribution is 4.67. The van der Waals surface area contributed by atoms with Gasteiger partial charge >= 0.3 is 0 Å². The maximum atomic E-state index is 9.34. The van der Waals surface area contributed by atoms with Crippen molar-refractivity contribution >= 4 is 0 Å². The van der Waals surface area contributed by atoms with Crippen molar-refractivity contribution < 1.29 is 5.11 Å². The van der Waals surface area contributed by atoms with Crippen molar-refractivity contribution in [2.45, 2.75) is 45.6 Å². The molecule has 0 fully saturated rings. The molecule has 0 saturated carbocycles. The first-order valence-corrected chi connectivity index (χ1v) is 3.97. The van der Waals surface area contributed by atoms with Gasteiger partial charge in [0.05, 0.1) is 5.60 Å². The van der Waals surface area contributed by atoms with Crippen LogP contribution in [0.3, 0.4) is 0 Å². The van der Waals surface area contributed by atoms with Crippen LogP contribution in [0.4, 0.5) is 0 Å². The fourth-order valence-electron chi connectivity index (χ4n) is 0.744. The van der Waals surface area contributed by atoms with Gasteiger partial charge in [-0.25, -0.2) is 0 Å². The summed E-state index contributed by atoms with van der Waals surface area (Å²) in [6.45, 7) is 9.67. The van der Waals surface area contributed by atoms with Crippen molar-refractivity contribution in [1.29, 1.82) is 0 Å². The van der Waals surface area contributed by atoms with Crippen LogP contribution >= 0.6 is 0 Å². The monoisotopic (exact) mass is 143 g/mol. The zero-order chi connectivity index (χ0) is 8.20. The molecule has 1 radical (unpaired) electrons.